The first-order valence-electron chi connectivity index (χ1n) is 10.2. The van der Waals surface area contributed by atoms with Crippen LogP contribution in [0.25, 0.3) is 22.4 Å². The molecule has 1 saturated heterocycles. The molecule has 0 aliphatic carbocycles. The molecule has 6 heteroatoms. The lowest BCUT2D eigenvalue weighted by Gasteiger charge is -2.31. The molecule has 1 atom stereocenters. The second-order valence-electron chi connectivity index (χ2n) is 7.73. The summed E-state index contributed by atoms with van der Waals surface area (Å²) in [7, 11) is 0. The lowest BCUT2D eigenvalue weighted by atomic mass is 9.97. The average molecular weight is 398 g/mol. The van der Waals surface area contributed by atoms with Crippen LogP contribution in [-0.2, 0) is 0 Å². The number of hydrogen-bond acceptors (Lipinski definition) is 5. The molecule has 1 aliphatic heterocycles. The molecule has 150 valence electrons. The fourth-order valence-electron chi connectivity index (χ4n) is 4.13. The smallest absolute Gasteiger partial charge is 0.266 e. The summed E-state index contributed by atoms with van der Waals surface area (Å²) in [5, 5.41) is 10.6. The number of rotatable bonds is 3. The molecule has 0 N–H and O–H groups in total. The number of hydrogen-bond donors (Lipinski definition) is 0. The SMILES string of the molecule is Cc1ccccc1C(=O)N1CCC[C@@H](c2nnc(-c3nccc4ccccc34)o2)C1. The third-order valence-corrected chi connectivity index (χ3v) is 5.75. The van der Waals surface area contributed by atoms with E-state index in [1.54, 1.807) is 6.20 Å². The van der Waals surface area contributed by atoms with Crippen LogP contribution in [0.3, 0.4) is 0 Å². The van der Waals surface area contributed by atoms with Crippen LogP contribution in [0.15, 0.2) is 65.2 Å². The van der Waals surface area contributed by atoms with Crippen LogP contribution in [0.4, 0.5) is 0 Å². The van der Waals surface area contributed by atoms with Gasteiger partial charge < -0.3 is 9.32 Å². The minimum Gasteiger partial charge on any atom is -0.419 e. The van der Waals surface area contributed by atoms with Crippen LogP contribution in [0.2, 0.25) is 0 Å². The highest BCUT2D eigenvalue weighted by Crippen LogP contribution is 2.31. The Kier molecular flexibility index (Phi) is 4.75. The van der Waals surface area contributed by atoms with Crippen molar-refractivity contribution < 1.29 is 9.21 Å². The number of amides is 1. The Balaban J connectivity index is 1.40. The molecular formula is C24H22N4O2. The third-order valence-electron chi connectivity index (χ3n) is 5.75. The monoisotopic (exact) mass is 398 g/mol. The number of nitrogens with zero attached hydrogens (tertiary/aromatic N) is 4. The van der Waals surface area contributed by atoms with Crippen LogP contribution in [0.1, 0.15) is 40.6 Å². The van der Waals surface area contributed by atoms with E-state index in [-0.39, 0.29) is 11.8 Å². The standard InChI is InChI=1S/C24H22N4O2/c1-16-7-2-4-10-19(16)24(29)28-14-6-9-18(15-28)22-26-27-23(30-22)21-20-11-5-3-8-17(20)12-13-25-21/h2-5,7-8,10-13,18H,6,9,14-15H2,1H3/t18-/m1/s1. The van der Waals surface area contributed by atoms with Gasteiger partial charge in [0.1, 0.15) is 5.69 Å². The molecule has 0 saturated carbocycles. The molecule has 2 aromatic carbocycles. The van der Waals surface area contributed by atoms with Gasteiger partial charge in [-0.05, 0) is 42.8 Å². The second kappa shape index (κ2) is 7.71. The fourth-order valence-corrected chi connectivity index (χ4v) is 4.13. The maximum Gasteiger partial charge on any atom is 0.266 e. The Morgan fingerprint density at radius 3 is 2.80 bits per heavy atom. The Morgan fingerprint density at radius 1 is 1.07 bits per heavy atom. The van der Waals surface area contributed by atoms with Gasteiger partial charge in [0.05, 0.1) is 5.92 Å². The van der Waals surface area contributed by atoms with Gasteiger partial charge in [0.15, 0.2) is 0 Å². The molecule has 4 aromatic rings. The van der Waals surface area contributed by atoms with Crippen LogP contribution in [0, 0.1) is 6.92 Å². The highest BCUT2D eigenvalue weighted by atomic mass is 16.4. The van der Waals surface area contributed by atoms with E-state index in [4.69, 9.17) is 4.42 Å². The van der Waals surface area contributed by atoms with Gasteiger partial charge in [-0.2, -0.15) is 0 Å². The van der Waals surface area contributed by atoms with E-state index in [1.165, 1.54) is 0 Å². The van der Waals surface area contributed by atoms with Crippen molar-refractivity contribution in [2.45, 2.75) is 25.7 Å². The van der Waals surface area contributed by atoms with Gasteiger partial charge in [-0.15, -0.1) is 10.2 Å². The largest absolute Gasteiger partial charge is 0.419 e. The van der Waals surface area contributed by atoms with E-state index in [0.717, 1.165) is 41.3 Å². The summed E-state index contributed by atoms with van der Waals surface area (Å²) in [4.78, 5) is 19.4. The van der Waals surface area contributed by atoms with E-state index in [2.05, 4.69) is 15.2 Å². The van der Waals surface area contributed by atoms with E-state index in [0.29, 0.717) is 24.0 Å². The fraction of sp³-hybridized carbons (Fsp3) is 0.250. The summed E-state index contributed by atoms with van der Waals surface area (Å²) in [6.07, 6.45) is 3.58. The molecule has 1 amide bonds. The first-order chi connectivity index (χ1) is 14.7. The van der Waals surface area contributed by atoms with Gasteiger partial charge in [-0.1, -0.05) is 42.5 Å². The van der Waals surface area contributed by atoms with Crippen molar-refractivity contribution in [3.8, 4) is 11.6 Å². The molecule has 0 spiro atoms. The van der Waals surface area contributed by atoms with Gasteiger partial charge in [-0.25, -0.2) is 0 Å². The number of benzene rings is 2. The second-order valence-corrected chi connectivity index (χ2v) is 7.73. The summed E-state index contributed by atoms with van der Waals surface area (Å²) >= 11 is 0. The summed E-state index contributed by atoms with van der Waals surface area (Å²) < 4.78 is 6.05. The highest BCUT2D eigenvalue weighted by molar-refractivity contribution is 5.95. The van der Waals surface area contributed by atoms with Crippen LogP contribution < -0.4 is 0 Å². The number of aryl methyl sites for hydroxylation is 1. The number of fused-ring (bicyclic) bond motifs is 1. The highest BCUT2D eigenvalue weighted by Gasteiger charge is 2.29. The molecule has 1 fully saturated rings. The Labute approximate surface area is 174 Å². The van der Waals surface area contributed by atoms with Crippen molar-refractivity contribution in [2.75, 3.05) is 13.1 Å². The Morgan fingerprint density at radius 2 is 1.90 bits per heavy atom. The lowest BCUT2D eigenvalue weighted by Crippen LogP contribution is -2.39. The Bertz CT molecular complexity index is 1210. The molecule has 30 heavy (non-hydrogen) atoms. The van der Waals surface area contributed by atoms with E-state index in [9.17, 15) is 4.79 Å². The molecule has 0 bridgehead atoms. The first kappa shape index (κ1) is 18.5. The number of aromatic nitrogens is 3. The minimum atomic E-state index is 0.0305. The molecular weight excluding hydrogens is 376 g/mol. The quantitative estimate of drug-likeness (QED) is 0.504. The molecule has 5 rings (SSSR count). The maximum atomic E-state index is 13.0. The van der Waals surface area contributed by atoms with Crippen LogP contribution in [0.5, 0.6) is 0 Å². The zero-order chi connectivity index (χ0) is 20.5. The van der Waals surface area contributed by atoms with Gasteiger partial charge in [0.25, 0.3) is 11.8 Å². The molecule has 6 nitrogen and oxygen atoms in total. The number of piperidine rings is 1. The number of carbonyl (C=O) groups is 1. The molecule has 0 radical (unpaired) electrons. The predicted octanol–water partition coefficient (Wildman–Crippen LogP) is 4.61. The normalized spacial score (nSPS) is 16.7. The lowest BCUT2D eigenvalue weighted by molar-refractivity contribution is 0.0697. The predicted molar refractivity (Wildman–Crippen MR) is 114 cm³/mol. The van der Waals surface area contributed by atoms with Crippen molar-refractivity contribution in [1.29, 1.82) is 0 Å². The van der Waals surface area contributed by atoms with E-state index < -0.39 is 0 Å². The number of likely N-dealkylation sites (tertiary alicyclic amines) is 1. The van der Waals surface area contributed by atoms with Gasteiger partial charge >= 0.3 is 0 Å². The van der Waals surface area contributed by atoms with Crippen LogP contribution >= 0.6 is 0 Å². The van der Waals surface area contributed by atoms with Crippen molar-refractivity contribution in [3.05, 3.63) is 77.8 Å². The van der Waals surface area contributed by atoms with E-state index >= 15 is 0 Å². The number of carbonyl (C=O) groups excluding carboxylic acids is 1. The third kappa shape index (κ3) is 3.34. The zero-order valence-electron chi connectivity index (χ0n) is 16.8. The van der Waals surface area contributed by atoms with Crippen molar-refractivity contribution in [3.63, 3.8) is 0 Å². The van der Waals surface area contributed by atoms with Crippen molar-refractivity contribution in [2.24, 2.45) is 0 Å². The van der Waals surface area contributed by atoms with Crippen molar-refractivity contribution in [1.82, 2.24) is 20.1 Å². The van der Waals surface area contributed by atoms with E-state index in [1.807, 2.05) is 66.4 Å². The Hall–Kier alpha value is -3.54. The summed E-state index contributed by atoms with van der Waals surface area (Å²) in [6, 6.07) is 17.7. The molecule has 2 aromatic heterocycles. The summed E-state index contributed by atoms with van der Waals surface area (Å²) in [5.74, 6) is 1.09. The average Bonchev–Trinajstić information content (AvgIpc) is 3.29. The maximum absolute atomic E-state index is 13.0. The molecule has 1 aliphatic rings. The van der Waals surface area contributed by atoms with Gasteiger partial charge in [0, 0.05) is 30.2 Å². The molecule has 3 heterocycles. The van der Waals surface area contributed by atoms with Crippen LogP contribution in [-0.4, -0.2) is 39.1 Å². The zero-order valence-corrected chi connectivity index (χ0v) is 16.8. The topological polar surface area (TPSA) is 72.1 Å². The van der Waals surface area contributed by atoms with Gasteiger partial charge in [0.2, 0.25) is 5.89 Å². The van der Waals surface area contributed by atoms with Gasteiger partial charge in [-0.3, -0.25) is 9.78 Å². The summed E-state index contributed by atoms with van der Waals surface area (Å²) in [5.41, 5.74) is 2.44. The van der Waals surface area contributed by atoms with Crippen molar-refractivity contribution >= 4 is 16.7 Å². The summed E-state index contributed by atoms with van der Waals surface area (Å²) in [6.45, 7) is 3.30. The minimum absolute atomic E-state index is 0.0305. The first-order valence-corrected chi connectivity index (χ1v) is 10.2. The molecule has 0 unspecified atom stereocenters. The number of pyridine rings is 1.